The molecule has 8 aromatic rings. The minimum atomic E-state index is -4.27. The van der Waals surface area contributed by atoms with E-state index in [0.29, 0.717) is 24.7 Å². The number of nitrogens with zero attached hydrogens (tertiary/aromatic N) is 8. The molecule has 3 aliphatic rings. The highest BCUT2D eigenvalue weighted by molar-refractivity contribution is 7.90. The van der Waals surface area contributed by atoms with E-state index >= 15 is 13.2 Å². The van der Waals surface area contributed by atoms with Crippen LogP contribution in [-0.4, -0.2) is 111 Å². The lowest BCUT2D eigenvalue weighted by atomic mass is 9.79. The summed E-state index contributed by atoms with van der Waals surface area (Å²) in [7, 11) is -9.29. The molecule has 0 unspecified atom stereocenters. The summed E-state index contributed by atoms with van der Waals surface area (Å²) in [5.74, 6) is -3.09. The van der Waals surface area contributed by atoms with Gasteiger partial charge in [-0.15, -0.1) is 0 Å². The molecule has 3 fully saturated rings. The summed E-state index contributed by atoms with van der Waals surface area (Å²) in [6, 6.07) is 16.8. The van der Waals surface area contributed by atoms with Crippen molar-refractivity contribution in [2.45, 2.75) is 191 Å². The molecule has 11 rings (SSSR count). The Bertz CT molecular complexity index is 4630. The first-order valence-electron chi connectivity index (χ1n) is 31.5. The van der Waals surface area contributed by atoms with Crippen molar-refractivity contribution >= 4 is 101 Å². The van der Waals surface area contributed by atoms with Gasteiger partial charge in [0, 0.05) is 53.0 Å². The largest absolute Gasteiger partial charge is 0.497 e. The van der Waals surface area contributed by atoms with Gasteiger partial charge in [-0.25, -0.2) is 76.6 Å². The van der Waals surface area contributed by atoms with Crippen molar-refractivity contribution in [1.82, 2.24) is 38.5 Å². The fraction of sp³-hybridized carbons (Fsp3) is 0.412. The average Bonchev–Trinajstić information content (AvgIpc) is 1.58. The Morgan fingerprint density at radius 2 is 1.02 bits per heavy atom. The van der Waals surface area contributed by atoms with Crippen LogP contribution >= 0.6 is 11.6 Å². The Morgan fingerprint density at radius 3 is 1.47 bits per heavy atom. The number of hydrogen-bond donors (Lipinski definition) is 4. The van der Waals surface area contributed by atoms with Crippen molar-refractivity contribution in [2.75, 3.05) is 10.6 Å². The summed E-state index contributed by atoms with van der Waals surface area (Å²) < 4.78 is 138. The number of rotatable bonds is 12. The fourth-order valence-corrected chi connectivity index (χ4v) is 14.2. The monoisotopic (exact) mass is 1410 g/mol. The Labute approximate surface area is 572 Å². The number of benzene rings is 4. The molecule has 4 aromatic carbocycles. The van der Waals surface area contributed by atoms with Crippen LogP contribution in [0.4, 0.5) is 50.2 Å². The zero-order valence-electron chi connectivity index (χ0n) is 56.1. The van der Waals surface area contributed by atoms with Crippen LogP contribution in [0.2, 0.25) is 5.28 Å². The molecule has 0 spiro atoms. The summed E-state index contributed by atoms with van der Waals surface area (Å²) in [5, 5.41) is 12.2. The molecule has 5 heterocycles. The number of ether oxygens (including phenoxy) is 2. The van der Waals surface area contributed by atoms with Gasteiger partial charge in [0.05, 0.1) is 57.6 Å². The minimum absolute atomic E-state index is 0.00385. The highest BCUT2D eigenvalue weighted by Gasteiger charge is 2.53. The molecule has 518 valence electrons. The first kappa shape index (κ1) is 73.4. The predicted molar refractivity (Wildman–Crippen MR) is 366 cm³/mol. The predicted octanol–water partition coefficient (Wildman–Crippen LogP) is 14.4. The molecule has 0 radical (unpaired) electrons. The van der Waals surface area contributed by atoms with E-state index in [9.17, 15) is 30.8 Å². The Morgan fingerprint density at radius 1 is 0.612 bits per heavy atom. The van der Waals surface area contributed by atoms with E-state index in [1.54, 1.807) is 45.0 Å². The summed E-state index contributed by atoms with van der Waals surface area (Å²) in [6.45, 7) is 36.6. The van der Waals surface area contributed by atoms with Crippen molar-refractivity contribution in [2.24, 2.45) is 0 Å². The quantitative estimate of drug-likeness (QED) is 0.0384. The molecule has 0 bridgehead atoms. The molecule has 30 heteroatoms. The van der Waals surface area contributed by atoms with Crippen LogP contribution < -0.4 is 26.7 Å². The lowest BCUT2D eigenvalue weighted by Crippen LogP contribution is -2.44. The molecule has 4 aromatic heterocycles. The molecule has 2 amide bonds. The van der Waals surface area contributed by atoms with E-state index in [1.165, 1.54) is 48.8 Å². The zero-order valence-corrected chi connectivity index (χ0v) is 58.5. The van der Waals surface area contributed by atoms with Crippen LogP contribution in [0.15, 0.2) is 107 Å². The molecule has 2 aliphatic carbocycles. The maximum absolute atomic E-state index is 15.4. The van der Waals surface area contributed by atoms with Crippen molar-refractivity contribution in [3.05, 3.63) is 160 Å². The summed E-state index contributed by atoms with van der Waals surface area (Å²) in [5.41, 5.74) is -0.700. The molecule has 4 N–H and O–H groups in total. The lowest BCUT2D eigenvalue weighted by molar-refractivity contribution is 0.00578. The van der Waals surface area contributed by atoms with E-state index in [4.69, 9.17) is 43.5 Å². The smallest absolute Gasteiger partial charge is 0.444 e. The summed E-state index contributed by atoms with van der Waals surface area (Å²) >= 11 is 5.69. The van der Waals surface area contributed by atoms with Crippen LogP contribution in [0.25, 0.3) is 42.9 Å². The van der Waals surface area contributed by atoms with Crippen molar-refractivity contribution in [3.8, 4) is 11.4 Å². The highest BCUT2D eigenvalue weighted by Crippen LogP contribution is 2.40. The van der Waals surface area contributed by atoms with Crippen LogP contribution in [0.5, 0.6) is 0 Å². The second-order valence-electron chi connectivity index (χ2n) is 27.2. The first-order chi connectivity index (χ1) is 45.8. The van der Waals surface area contributed by atoms with Gasteiger partial charge < -0.3 is 40.0 Å². The molecule has 1 saturated heterocycles. The van der Waals surface area contributed by atoms with Crippen LogP contribution in [0, 0.1) is 50.3 Å². The van der Waals surface area contributed by atoms with Gasteiger partial charge in [-0.3, -0.25) is 0 Å². The number of alkyl carbamates (subject to hydrolysis) is 2. The first-order valence-corrected chi connectivity index (χ1v) is 34.8. The van der Waals surface area contributed by atoms with Gasteiger partial charge in [0.15, 0.2) is 40.5 Å². The maximum Gasteiger partial charge on any atom is 0.497 e. The molecule has 98 heavy (non-hydrogen) atoms. The second kappa shape index (κ2) is 28.9. The summed E-state index contributed by atoms with van der Waals surface area (Å²) in [4.78, 5) is 46.6. The van der Waals surface area contributed by atoms with Crippen molar-refractivity contribution in [1.29, 1.82) is 0 Å². The van der Waals surface area contributed by atoms with Gasteiger partial charge in [0.1, 0.15) is 22.8 Å². The Balaban J connectivity index is 0.000000182. The third-order valence-corrected chi connectivity index (χ3v) is 20.3. The topological polar surface area (TPSA) is 258 Å². The fourth-order valence-electron chi connectivity index (χ4n) is 11.3. The third kappa shape index (κ3) is 17.2. The zero-order chi connectivity index (χ0) is 71.6. The molecule has 2 saturated carbocycles. The van der Waals surface area contributed by atoms with E-state index in [1.807, 2.05) is 62.3 Å². The Kier molecular flexibility index (Phi) is 21.6. The van der Waals surface area contributed by atoms with Gasteiger partial charge in [-0.1, -0.05) is 35.4 Å². The van der Waals surface area contributed by atoms with Gasteiger partial charge >= 0.3 is 19.3 Å². The maximum atomic E-state index is 15.4. The summed E-state index contributed by atoms with van der Waals surface area (Å²) in [6.07, 6.45) is 9.56. The average molecular weight is 1410 g/mol. The molecule has 1 aliphatic heterocycles. The number of fused-ring (bicyclic) bond motifs is 2. The van der Waals surface area contributed by atoms with Crippen molar-refractivity contribution in [3.63, 3.8) is 0 Å². The number of amides is 2. The third-order valence-electron chi connectivity index (χ3n) is 16.7. The normalized spacial score (nSPS) is 18.4. The highest BCUT2D eigenvalue weighted by atomic mass is 35.5. The van der Waals surface area contributed by atoms with Crippen molar-refractivity contribution < 1.29 is 62.8 Å². The van der Waals surface area contributed by atoms with E-state index in [2.05, 4.69) is 50.9 Å². The van der Waals surface area contributed by atoms with Gasteiger partial charge in [-0.05, 0) is 200 Å². The number of nitrogens with one attached hydrogen (secondary N) is 4. The Hall–Kier alpha value is -8.87. The SMILES string of the molecule is CC(C)(C)OC(=O)N[C@@H]1CCC[C@H](Nc2nc(Cl)ncc2F)C1.[C-]#[N+]c1cc(F)c2c(c1)c(-c1ncc(F)c(N[C@H]3CCC[C@@H](NC(=O)OC(C)(C)C)C3)n1)cn2S(=O)(=O)c1ccc(C)cc1.[C-]#[N+]c1cc(F)c2c(c1)c(B1OC(C)(C)C(C)(C)O1)cn2S(=O)(=O)c1ccc(C)cc1. The molecule has 22 nitrogen and oxygen atoms in total. The minimum Gasteiger partial charge on any atom is -0.444 e. The standard InChI is InChI=1S/C31H32F2N6O4S.C22H22BFN2O4S.C15H22ClFN4O2/c1-18-9-11-22(12-10-18)44(41,42)39-17-24(23-14-21(34-5)15-25(32)27(23)39)28-35-16-26(33)29(38-28)36-19-7-6-8-20(13-19)37-30(40)43-31(2,3)4;1-14-7-9-16(10-8-14)31(27,28)26-13-18(23-29-21(2,3)22(4,5)30-23)17-11-15(25-6)12-19(24)20(17)26;1-15(2,3)23-14(22)20-10-6-4-5-9(7-10)19-12-11(17)8-18-13(16)21-12/h9-12,14-17,19-20H,6-8,13H2,1-4H3,(H,37,40)(H,35,36,38);7-13H,1-5H3;8-10H,4-7H2,1-3H3,(H,20,22)(H,18,19,21)/t19-,20+;;9-,10+/m0.0/s1. The number of halogens is 5. The number of anilines is 2. The molecular formula is C68H76BClF4N12O10S2. The number of aryl methyl sites for hydroxylation is 2. The van der Waals surface area contributed by atoms with Crippen LogP contribution in [-0.2, 0) is 38.8 Å². The van der Waals surface area contributed by atoms with Gasteiger partial charge in [0.25, 0.3) is 20.0 Å². The lowest BCUT2D eigenvalue weighted by Gasteiger charge is -2.32. The van der Waals surface area contributed by atoms with Crippen LogP contribution in [0.1, 0.15) is 132 Å². The van der Waals surface area contributed by atoms with Gasteiger partial charge in [0.2, 0.25) is 5.28 Å². The van der Waals surface area contributed by atoms with Gasteiger partial charge in [-0.2, -0.15) is 4.98 Å². The van der Waals surface area contributed by atoms with E-state index < -0.39 is 85.0 Å². The molecule has 4 atom stereocenters. The molecular weight excluding hydrogens is 1330 g/mol. The number of aromatic nitrogens is 6. The van der Waals surface area contributed by atoms with Crippen LogP contribution in [0.3, 0.4) is 0 Å². The van der Waals surface area contributed by atoms with E-state index in [-0.39, 0.29) is 95.4 Å². The number of carbonyl (C=O) groups is 2. The van der Waals surface area contributed by atoms with E-state index in [0.717, 1.165) is 75.7 Å². The number of hydrogen-bond acceptors (Lipinski definition) is 16. The number of carbonyl (C=O) groups excluding carboxylic acids is 2. The second-order valence-corrected chi connectivity index (χ2v) is 31.2.